The molecule has 12 saturated carbocycles. The third-order valence-corrected chi connectivity index (χ3v) is 39.9. The standard InChI is InChI=1S/C29H41NO5.2C28H39NO5.C22H35BrO2.C7H7NO3.C6H5NO3/c1-19-9-10-24-28(2,23(19)12-14-33-22-15-21(16-30-17-22)26(31)32-4)13-11-25-29(24,3)18-34-27(35-25)20-7-5-6-8-20;2*1-18-8-9-23-27(2,22(18)11-13-32-21-14-20(25(30)31)15-29-16-21)12-10-24-28(23,3)17-33-26(34-24)19-6-4-5-7-19;1-15-8-9-18-21(2,17(15)11-13-23)12-10-19-22(18,3)14-24-20(25-19)16-6-4-5-7-16;1-11-7(10)5-2-6(9)4-8-3-5;8-5-1-4(6(9)10)2-7-3-5/h15-17,20,23-25,27H,1,5-14,18H2,2-4H3;2*14-16,19,22-24,26H,1,4-13,17H2,2-3H3,(H,30,31);16-20H,1,4-14H2,2-3H3;2-4,9H,1H3;1-3,8H,(H,9,10)/t23-,24?,25-,27-,28+,29+;2*22-,23?,24-,26-,27+,28+;17-,18?,19-,20-,21+,22+;;/m1111../s1. The molecular formula is C120H166BrN5O23. The van der Waals surface area contributed by atoms with E-state index in [0.29, 0.717) is 125 Å². The number of aromatic hydroxyl groups is 2. The predicted molar refractivity (Wildman–Crippen MR) is 566 cm³/mol. The van der Waals surface area contributed by atoms with Gasteiger partial charge in [0.05, 0.1) is 144 Å². The second-order valence-electron chi connectivity index (χ2n) is 48.2. The first-order valence-corrected chi connectivity index (χ1v) is 56.7. The van der Waals surface area contributed by atoms with Gasteiger partial charge in [-0.2, -0.15) is 0 Å². The molecule has 0 spiro atoms. The molecule has 816 valence electrons. The third-order valence-electron chi connectivity index (χ3n) is 39.4. The second kappa shape index (κ2) is 48.9. The Bertz CT molecular complexity index is 5320. The van der Waals surface area contributed by atoms with Gasteiger partial charge in [0.15, 0.2) is 25.2 Å². The number of esters is 2. The maximum Gasteiger partial charge on any atom is 0.339 e. The Labute approximate surface area is 890 Å². The van der Waals surface area contributed by atoms with Gasteiger partial charge in [0.25, 0.3) is 0 Å². The van der Waals surface area contributed by atoms with E-state index in [-0.39, 0.29) is 115 Å². The second-order valence-corrected chi connectivity index (χ2v) is 49.0. The van der Waals surface area contributed by atoms with Crippen molar-refractivity contribution in [2.75, 3.05) is 65.8 Å². The van der Waals surface area contributed by atoms with E-state index in [2.05, 4.69) is 127 Å². The van der Waals surface area contributed by atoms with Gasteiger partial charge in [-0.15, -0.1) is 0 Å². The fraction of sp³-hybridized carbons (Fsp3) is 0.683. The van der Waals surface area contributed by atoms with Crippen molar-refractivity contribution >= 4 is 45.8 Å². The summed E-state index contributed by atoms with van der Waals surface area (Å²) in [6.07, 6.45) is 57.8. The largest absolute Gasteiger partial charge is 0.506 e. The quantitative estimate of drug-likeness (QED) is 0.0230. The summed E-state index contributed by atoms with van der Waals surface area (Å²) in [5.74, 6) is 3.85. The first-order valence-electron chi connectivity index (χ1n) is 55.6. The summed E-state index contributed by atoms with van der Waals surface area (Å²) in [7, 11) is 2.64. The van der Waals surface area contributed by atoms with E-state index in [1.807, 2.05) is 0 Å². The highest BCUT2D eigenvalue weighted by molar-refractivity contribution is 9.09. The molecule has 21 rings (SSSR count). The highest BCUT2D eigenvalue weighted by atomic mass is 79.9. The van der Waals surface area contributed by atoms with E-state index < -0.39 is 29.8 Å². The summed E-state index contributed by atoms with van der Waals surface area (Å²) < 4.78 is 79.6. The van der Waals surface area contributed by atoms with Crippen LogP contribution in [0.2, 0.25) is 0 Å². The molecule has 5 N–H and O–H groups in total. The number of allylic oxidation sites excluding steroid dienone is 4. The number of carboxylic acids is 3. The Balaban J connectivity index is 0.000000133. The number of rotatable bonds is 23. The van der Waals surface area contributed by atoms with Crippen LogP contribution in [0.1, 0.15) is 338 Å². The molecule has 12 aliphatic carbocycles. The highest BCUT2D eigenvalue weighted by Crippen LogP contribution is 2.69. The van der Waals surface area contributed by atoms with Crippen LogP contribution in [0, 0.1) is 114 Å². The molecule has 28 nitrogen and oxygen atoms in total. The van der Waals surface area contributed by atoms with Crippen molar-refractivity contribution in [1.82, 2.24) is 24.9 Å². The van der Waals surface area contributed by atoms with E-state index in [0.717, 1.165) is 134 Å². The zero-order chi connectivity index (χ0) is 106. The van der Waals surface area contributed by atoms with Gasteiger partial charge >= 0.3 is 29.8 Å². The SMILES string of the molecule is C=C1CCC2[C@]3(C)CO[C@@H](C4CCCC4)O[C@@H]3CC[C@@]2(C)[C@@H]1CCBr.C=C1CCC2[C@]3(C)CO[C@@H](C4CCCC4)O[C@@H]3CC[C@@]2(C)[C@@H]1CCOc1cncc(C(=O)O)c1.C=C1CCC2[C@]3(C)CO[C@@H](C4CCCC4)O[C@@H]3CC[C@@]2(C)[C@@H]1CCOc1cncc(C(=O)O)c1.C=C1CCC2[C@]3(C)CO[C@@H](C4CCCC4)O[C@@H]3CC[C@@]2(C)[C@@H]1CCOc1cncc(C(=O)OC)c1.COC(=O)c1cncc(O)c1.O=C(O)c1cncc(O)c1. The van der Waals surface area contributed by atoms with Crippen molar-refractivity contribution in [2.45, 2.75) is 336 Å². The number of aromatic nitrogens is 5. The van der Waals surface area contributed by atoms with E-state index >= 15 is 0 Å². The minimum atomic E-state index is -1.09. The molecule has 29 heteroatoms. The van der Waals surface area contributed by atoms with Crippen LogP contribution in [0.5, 0.6) is 28.7 Å². The van der Waals surface area contributed by atoms with Gasteiger partial charge in [-0.1, -0.05) is 171 Å². The summed E-state index contributed by atoms with van der Waals surface area (Å²) in [4.78, 5) is 74.5. The number of carbonyl (C=O) groups is 5. The lowest BCUT2D eigenvalue weighted by atomic mass is 9.46. The molecule has 5 aromatic heterocycles. The summed E-state index contributed by atoms with van der Waals surface area (Å²) >= 11 is 3.69. The van der Waals surface area contributed by atoms with Crippen LogP contribution in [0.15, 0.2) is 141 Å². The van der Waals surface area contributed by atoms with Crippen LogP contribution < -0.4 is 14.2 Å². The lowest BCUT2D eigenvalue weighted by molar-refractivity contribution is -0.316. The van der Waals surface area contributed by atoms with E-state index in [1.54, 1.807) is 36.8 Å². The van der Waals surface area contributed by atoms with E-state index in [1.165, 1.54) is 221 Å². The molecule has 16 fully saturated rings. The molecule has 0 aromatic carbocycles. The number of aromatic carboxylic acids is 3. The zero-order valence-electron chi connectivity index (χ0n) is 89.8. The van der Waals surface area contributed by atoms with Gasteiger partial charge < -0.3 is 87.1 Å². The molecule has 149 heavy (non-hydrogen) atoms. The van der Waals surface area contributed by atoms with Crippen LogP contribution >= 0.6 is 15.9 Å². The van der Waals surface area contributed by atoms with E-state index in [4.69, 9.17) is 72.2 Å². The first-order chi connectivity index (χ1) is 71.4. The molecule has 0 radical (unpaired) electrons. The molecule has 9 heterocycles. The highest BCUT2D eigenvalue weighted by Gasteiger charge is 2.66. The number of carboxylic acid groups (broad SMARTS) is 3. The number of halogens is 1. The van der Waals surface area contributed by atoms with Gasteiger partial charge in [0.1, 0.15) is 28.7 Å². The molecule has 4 unspecified atom stereocenters. The number of hydrogen-bond donors (Lipinski definition) is 5. The third kappa shape index (κ3) is 24.6. The summed E-state index contributed by atoms with van der Waals surface area (Å²) in [5, 5.41) is 45.5. The van der Waals surface area contributed by atoms with Crippen molar-refractivity contribution in [1.29, 1.82) is 0 Å². The Morgan fingerprint density at radius 2 is 0.564 bits per heavy atom. The minimum absolute atomic E-state index is 0.00273. The average Bonchev–Trinajstić information content (AvgIpc) is 0.956. The average molecular weight is 2130 g/mol. The lowest BCUT2D eigenvalue weighted by Crippen LogP contribution is -2.62. The summed E-state index contributed by atoms with van der Waals surface area (Å²) in [6, 6.07) is 7.20. The molecule has 4 aliphatic heterocycles. The Hall–Kier alpha value is -8.78. The van der Waals surface area contributed by atoms with Crippen LogP contribution in [0.25, 0.3) is 0 Å². The number of pyridine rings is 5. The van der Waals surface area contributed by atoms with Crippen molar-refractivity contribution in [3.05, 3.63) is 169 Å². The number of carbonyl (C=O) groups excluding carboxylic acids is 2. The monoisotopic (exact) mass is 2120 g/mol. The summed E-state index contributed by atoms with van der Waals surface area (Å²) in [6.45, 7) is 42.4. The first kappa shape index (κ1) is 113. The van der Waals surface area contributed by atoms with Crippen LogP contribution in [-0.4, -0.2) is 196 Å². The Morgan fingerprint density at radius 3 is 0.812 bits per heavy atom. The van der Waals surface area contributed by atoms with Gasteiger partial charge in [-0.3, -0.25) is 24.9 Å². The smallest absolute Gasteiger partial charge is 0.339 e. The predicted octanol–water partition coefficient (Wildman–Crippen LogP) is 24.8. The fourth-order valence-corrected chi connectivity index (χ4v) is 32.1. The Morgan fingerprint density at radius 1 is 0.329 bits per heavy atom. The zero-order valence-corrected chi connectivity index (χ0v) is 91.4. The van der Waals surface area contributed by atoms with E-state index in [9.17, 15) is 34.2 Å². The molecule has 16 aliphatic rings. The number of alkyl halides is 1. The molecule has 5 aromatic rings. The Kier molecular flexibility index (Phi) is 37.0. The van der Waals surface area contributed by atoms with Crippen molar-refractivity contribution in [3.63, 3.8) is 0 Å². The molecule has 0 amide bonds. The summed E-state index contributed by atoms with van der Waals surface area (Å²) in [5.41, 5.74) is 7.46. The van der Waals surface area contributed by atoms with Crippen LogP contribution in [0.4, 0.5) is 0 Å². The fourth-order valence-electron chi connectivity index (χ4n) is 31.6. The normalized spacial score (nSPS) is 35.6. The van der Waals surface area contributed by atoms with Crippen LogP contribution in [0.3, 0.4) is 0 Å². The van der Waals surface area contributed by atoms with Gasteiger partial charge in [0.2, 0.25) is 0 Å². The maximum absolute atomic E-state index is 11.8. The van der Waals surface area contributed by atoms with Crippen molar-refractivity contribution < 1.29 is 111 Å². The van der Waals surface area contributed by atoms with Crippen molar-refractivity contribution in [2.24, 2.45) is 114 Å². The lowest BCUT2D eigenvalue weighted by Gasteiger charge is -2.63. The van der Waals surface area contributed by atoms with Crippen LogP contribution in [-0.2, 0) is 47.4 Å². The topological polar surface area (TPSA) is 371 Å². The maximum atomic E-state index is 11.8. The molecule has 0 bridgehead atoms. The molecule has 4 saturated heterocycles. The van der Waals surface area contributed by atoms with Gasteiger partial charge in [0, 0.05) is 81.6 Å². The number of nitrogens with zero attached hydrogens (tertiary/aromatic N) is 5. The molecule has 24 atom stereocenters. The molecular weight excluding hydrogens is 1960 g/mol. The van der Waals surface area contributed by atoms with Gasteiger partial charge in [-0.05, 0) is 279 Å². The number of fused-ring (bicyclic) bond motifs is 12. The van der Waals surface area contributed by atoms with Crippen molar-refractivity contribution in [3.8, 4) is 28.7 Å². The number of ether oxygens (including phenoxy) is 13. The minimum Gasteiger partial charge on any atom is -0.506 e. The van der Waals surface area contributed by atoms with Gasteiger partial charge in [-0.25, -0.2) is 24.0 Å². The number of hydrogen-bond acceptors (Lipinski definition) is 25. The number of methoxy groups -OCH3 is 2.